The molecule has 0 aromatic rings. The van der Waals surface area contributed by atoms with Gasteiger partial charge in [0, 0.05) is 12.1 Å². The molecule has 0 amide bonds. The molecule has 0 aliphatic rings. The average molecular weight is 215 g/mol. The molecule has 15 heavy (non-hydrogen) atoms. The normalized spacial score (nSPS) is 14.4. The summed E-state index contributed by atoms with van der Waals surface area (Å²) in [5.41, 5.74) is 0.294. The van der Waals surface area contributed by atoms with Crippen molar-refractivity contribution in [1.82, 2.24) is 5.32 Å². The molecule has 0 heterocycles. The molecule has 0 rings (SSSR count). The Bertz CT molecular complexity index is 164. The third-order valence-electron chi connectivity index (χ3n) is 1.94. The topological polar surface area (TPSA) is 21.3 Å². The Morgan fingerprint density at radius 2 is 1.33 bits per heavy atom. The molecular formula is C13H29NO. The fourth-order valence-corrected chi connectivity index (χ4v) is 0.941. The van der Waals surface area contributed by atoms with E-state index in [4.69, 9.17) is 4.74 Å². The molecule has 0 aromatic carbocycles. The van der Waals surface area contributed by atoms with E-state index in [2.05, 4.69) is 60.7 Å². The quantitative estimate of drug-likeness (QED) is 0.777. The molecule has 1 N–H and O–H groups in total. The Labute approximate surface area is 95.8 Å². The highest BCUT2D eigenvalue weighted by molar-refractivity contribution is 4.79. The first-order valence-electron chi connectivity index (χ1n) is 5.80. The van der Waals surface area contributed by atoms with Gasteiger partial charge in [0.25, 0.3) is 0 Å². The zero-order chi connectivity index (χ0) is 12.3. The first-order valence-corrected chi connectivity index (χ1v) is 5.80. The third-order valence-corrected chi connectivity index (χ3v) is 1.94. The highest BCUT2D eigenvalue weighted by atomic mass is 16.5. The van der Waals surface area contributed by atoms with Crippen molar-refractivity contribution in [2.75, 3.05) is 13.2 Å². The molecule has 0 aliphatic heterocycles. The van der Waals surface area contributed by atoms with Crippen molar-refractivity contribution in [2.45, 2.75) is 66.5 Å². The van der Waals surface area contributed by atoms with Crippen molar-refractivity contribution in [2.24, 2.45) is 5.41 Å². The van der Waals surface area contributed by atoms with E-state index < -0.39 is 0 Å². The first-order chi connectivity index (χ1) is 6.41. The lowest BCUT2D eigenvalue weighted by molar-refractivity contribution is -0.0516. The monoisotopic (exact) mass is 215 g/mol. The van der Waals surface area contributed by atoms with Crippen LogP contribution in [0.25, 0.3) is 0 Å². The van der Waals surface area contributed by atoms with Crippen LogP contribution in [0, 0.1) is 5.41 Å². The lowest BCUT2D eigenvalue weighted by Crippen LogP contribution is -2.46. The average Bonchev–Trinajstić information content (AvgIpc) is 1.96. The molecule has 0 bridgehead atoms. The molecule has 0 radical (unpaired) electrons. The number of hydrogen-bond donors (Lipinski definition) is 1. The zero-order valence-electron chi connectivity index (χ0n) is 11.8. The highest BCUT2D eigenvalue weighted by Crippen LogP contribution is 2.18. The second-order valence-corrected chi connectivity index (χ2v) is 7.21. The largest absolute Gasteiger partial charge is 0.374 e. The van der Waals surface area contributed by atoms with E-state index in [9.17, 15) is 0 Å². The van der Waals surface area contributed by atoms with E-state index in [1.807, 2.05) is 0 Å². The predicted octanol–water partition coefficient (Wildman–Crippen LogP) is 3.22. The van der Waals surface area contributed by atoms with Gasteiger partial charge in [-0.1, -0.05) is 20.8 Å². The molecule has 2 heteroatoms. The summed E-state index contributed by atoms with van der Waals surface area (Å²) >= 11 is 0. The molecule has 0 aromatic heterocycles. The number of rotatable bonds is 4. The third kappa shape index (κ3) is 10.2. The Balaban J connectivity index is 3.98. The Kier molecular flexibility index (Phi) is 4.81. The Hall–Kier alpha value is -0.0800. The van der Waals surface area contributed by atoms with Crippen LogP contribution in [0.3, 0.4) is 0 Å². The summed E-state index contributed by atoms with van der Waals surface area (Å²) in [7, 11) is 0. The summed E-state index contributed by atoms with van der Waals surface area (Å²) in [6, 6.07) is 0. The fraction of sp³-hybridized carbons (Fsp3) is 1.00. The van der Waals surface area contributed by atoms with Crippen molar-refractivity contribution < 1.29 is 4.74 Å². The summed E-state index contributed by atoms with van der Waals surface area (Å²) in [5, 5.41) is 3.47. The van der Waals surface area contributed by atoms with E-state index in [-0.39, 0.29) is 16.6 Å². The van der Waals surface area contributed by atoms with Crippen molar-refractivity contribution in [1.29, 1.82) is 0 Å². The molecular weight excluding hydrogens is 186 g/mol. The van der Waals surface area contributed by atoms with E-state index in [0.29, 0.717) is 0 Å². The summed E-state index contributed by atoms with van der Waals surface area (Å²) in [6.45, 7) is 19.1. The van der Waals surface area contributed by atoms with Crippen molar-refractivity contribution in [3.05, 3.63) is 0 Å². The molecule has 0 atom stereocenters. The van der Waals surface area contributed by atoms with Gasteiger partial charge in [0.05, 0.1) is 12.2 Å². The maximum atomic E-state index is 5.93. The maximum absolute atomic E-state index is 5.93. The van der Waals surface area contributed by atoms with Gasteiger partial charge in [-0.15, -0.1) is 0 Å². The standard InChI is InChI=1S/C13H29NO/c1-11(2,3)10-15-13(7,8)9-14-12(4,5)6/h14H,9-10H2,1-8H3. The van der Waals surface area contributed by atoms with Crippen LogP contribution in [0.1, 0.15) is 55.4 Å². The van der Waals surface area contributed by atoms with Crippen LogP contribution in [0.15, 0.2) is 0 Å². The van der Waals surface area contributed by atoms with Crippen LogP contribution in [-0.2, 0) is 4.74 Å². The van der Waals surface area contributed by atoms with Crippen LogP contribution >= 0.6 is 0 Å². The van der Waals surface area contributed by atoms with Crippen LogP contribution in [0.2, 0.25) is 0 Å². The minimum absolute atomic E-state index is 0.0967. The van der Waals surface area contributed by atoms with Gasteiger partial charge in [-0.25, -0.2) is 0 Å². The number of ether oxygens (including phenoxy) is 1. The van der Waals surface area contributed by atoms with Gasteiger partial charge in [-0.3, -0.25) is 0 Å². The van der Waals surface area contributed by atoms with Crippen molar-refractivity contribution in [3.8, 4) is 0 Å². The molecule has 0 aliphatic carbocycles. The van der Waals surface area contributed by atoms with Gasteiger partial charge in [0.2, 0.25) is 0 Å². The predicted molar refractivity (Wildman–Crippen MR) is 67.2 cm³/mol. The minimum Gasteiger partial charge on any atom is -0.374 e. The second kappa shape index (κ2) is 4.84. The Morgan fingerprint density at radius 3 is 1.67 bits per heavy atom. The van der Waals surface area contributed by atoms with Gasteiger partial charge in [-0.05, 0) is 40.0 Å². The van der Waals surface area contributed by atoms with Crippen LogP contribution in [-0.4, -0.2) is 24.3 Å². The molecule has 0 saturated carbocycles. The Morgan fingerprint density at radius 1 is 0.867 bits per heavy atom. The maximum Gasteiger partial charge on any atom is 0.0750 e. The van der Waals surface area contributed by atoms with E-state index >= 15 is 0 Å². The summed E-state index contributed by atoms with van der Waals surface area (Å²) in [5.74, 6) is 0. The smallest absolute Gasteiger partial charge is 0.0750 e. The molecule has 0 unspecified atom stereocenters. The fourth-order valence-electron chi connectivity index (χ4n) is 0.941. The molecule has 0 spiro atoms. The molecule has 92 valence electrons. The zero-order valence-corrected chi connectivity index (χ0v) is 11.8. The molecule has 0 fully saturated rings. The van der Waals surface area contributed by atoms with Crippen molar-refractivity contribution >= 4 is 0 Å². The van der Waals surface area contributed by atoms with Gasteiger partial charge < -0.3 is 10.1 Å². The molecule has 2 nitrogen and oxygen atoms in total. The van der Waals surface area contributed by atoms with Gasteiger partial charge >= 0.3 is 0 Å². The summed E-state index contributed by atoms with van der Waals surface area (Å²) in [6.07, 6.45) is 0. The first kappa shape index (κ1) is 14.9. The summed E-state index contributed by atoms with van der Waals surface area (Å²) in [4.78, 5) is 0. The van der Waals surface area contributed by atoms with Gasteiger partial charge in [-0.2, -0.15) is 0 Å². The lowest BCUT2D eigenvalue weighted by Gasteiger charge is -2.33. The highest BCUT2D eigenvalue weighted by Gasteiger charge is 2.23. The van der Waals surface area contributed by atoms with Crippen LogP contribution < -0.4 is 5.32 Å². The van der Waals surface area contributed by atoms with Gasteiger partial charge in [0.15, 0.2) is 0 Å². The summed E-state index contributed by atoms with van der Waals surface area (Å²) < 4.78 is 5.93. The van der Waals surface area contributed by atoms with Crippen molar-refractivity contribution in [3.63, 3.8) is 0 Å². The minimum atomic E-state index is -0.0967. The number of hydrogen-bond acceptors (Lipinski definition) is 2. The van der Waals surface area contributed by atoms with E-state index in [0.717, 1.165) is 13.2 Å². The SMILES string of the molecule is CC(C)(C)COC(C)(C)CNC(C)(C)C. The van der Waals surface area contributed by atoms with E-state index in [1.54, 1.807) is 0 Å². The second-order valence-electron chi connectivity index (χ2n) is 7.21. The van der Waals surface area contributed by atoms with Gasteiger partial charge in [0.1, 0.15) is 0 Å². The lowest BCUT2D eigenvalue weighted by atomic mass is 9.97. The number of nitrogens with one attached hydrogen (secondary N) is 1. The molecule has 0 saturated heterocycles. The van der Waals surface area contributed by atoms with Crippen LogP contribution in [0.4, 0.5) is 0 Å². The van der Waals surface area contributed by atoms with E-state index in [1.165, 1.54) is 0 Å². The van der Waals surface area contributed by atoms with Crippen LogP contribution in [0.5, 0.6) is 0 Å².